The molecule has 2 N–H and O–H groups in total. The third-order valence-electron chi connectivity index (χ3n) is 10.2. The molecule has 3 aromatic rings. The van der Waals surface area contributed by atoms with E-state index >= 15 is 0 Å². The van der Waals surface area contributed by atoms with Gasteiger partial charge < -0.3 is 34.6 Å². The second-order valence-corrected chi connectivity index (χ2v) is 16.5. The van der Waals surface area contributed by atoms with Gasteiger partial charge in [-0.2, -0.15) is 9.61 Å². The lowest BCUT2D eigenvalue weighted by molar-refractivity contribution is 0.0493. The highest BCUT2D eigenvalue weighted by Crippen LogP contribution is 2.32. The molecule has 3 fully saturated rings. The van der Waals surface area contributed by atoms with Gasteiger partial charge in [0.15, 0.2) is 5.65 Å². The summed E-state index contributed by atoms with van der Waals surface area (Å²) in [6, 6.07) is 11.3. The molecule has 0 aliphatic carbocycles. The number of piperidine rings is 2. The molecule has 288 valence electrons. The zero-order valence-electron chi connectivity index (χ0n) is 32.3. The molecular weight excluding hydrogens is 676 g/mol. The molecule has 3 aliphatic rings. The van der Waals surface area contributed by atoms with Gasteiger partial charge in [0.1, 0.15) is 29.9 Å². The van der Waals surface area contributed by atoms with Crippen LogP contribution in [0, 0.1) is 0 Å². The molecule has 0 spiro atoms. The Labute approximate surface area is 312 Å². The number of fused-ring (bicyclic) bond motifs is 1. The third kappa shape index (κ3) is 9.51. The molecule has 2 aromatic heterocycles. The Hall–Kier alpha value is -4.59. The molecule has 3 amide bonds. The van der Waals surface area contributed by atoms with E-state index < -0.39 is 30.0 Å². The zero-order valence-corrected chi connectivity index (χ0v) is 32.3. The van der Waals surface area contributed by atoms with E-state index in [0.29, 0.717) is 56.2 Å². The zero-order chi connectivity index (χ0) is 37.9. The number of carbonyl (C=O) groups excluding carboxylic acids is 3. The van der Waals surface area contributed by atoms with Crippen molar-refractivity contribution in [1.29, 1.82) is 0 Å². The molecule has 6 rings (SSSR count). The van der Waals surface area contributed by atoms with Crippen molar-refractivity contribution in [3.05, 3.63) is 53.7 Å². The fourth-order valence-electron chi connectivity index (χ4n) is 7.14. The van der Waals surface area contributed by atoms with Crippen LogP contribution in [-0.2, 0) is 20.8 Å². The van der Waals surface area contributed by atoms with Crippen molar-refractivity contribution in [3.8, 4) is 0 Å². The third-order valence-corrected chi connectivity index (χ3v) is 10.2. The number of aromatic nitrogens is 3. The van der Waals surface area contributed by atoms with Crippen LogP contribution < -0.4 is 15.5 Å². The topological polar surface area (TPSA) is 143 Å². The van der Waals surface area contributed by atoms with Crippen LogP contribution in [0.1, 0.15) is 97.6 Å². The summed E-state index contributed by atoms with van der Waals surface area (Å²) in [5, 5.41) is 12.0. The number of benzene rings is 1. The van der Waals surface area contributed by atoms with Crippen LogP contribution >= 0.6 is 0 Å². The number of hydrogen-bond acceptors (Lipinski definition) is 10. The summed E-state index contributed by atoms with van der Waals surface area (Å²) >= 11 is 0. The predicted molar refractivity (Wildman–Crippen MR) is 202 cm³/mol. The van der Waals surface area contributed by atoms with Gasteiger partial charge in [-0.1, -0.05) is 44.2 Å². The molecule has 1 unspecified atom stereocenters. The first-order chi connectivity index (χ1) is 25.2. The summed E-state index contributed by atoms with van der Waals surface area (Å²) in [5.41, 5.74) is 1.93. The summed E-state index contributed by atoms with van der Waals surface area (Å²) in [7, 11) is 0. The number of nitrogens with one attached hydrogen (secondary N) is 2. The van der Waals surface area contributed by atoms with Crippen LogP contribution in [0.2, 0.25) is 0 Å². The number of hydrogen-bond donors (Lipinski definition) is 2. The molecule has 0 bridgehead atoms. The molecule has 2 atom stereocenters. The minimum absolute atomic E-state index is 0.0832. The van der Waals surface area contributed by atoms with Crippen LogP contribution in [-0.4, -0.2) is 105 Å². The quantitative estimate of drug-likeness (QED) is 0.245. The Morgan fingerprint density at radius 1 is 1.02 bits per heavy atom. The highest BCUT2D eigenvalue weighted by molar-refractivity contribution is 5.89. The average Bonchev–Trinajstić information content (AvgIpc) is 3.76. The lowest BCUT2D eigenvalue weighted by Crippen LogP contribution is -2.51. The average molecular weight is 733 g/mol. The van der Waals surface area contributed by atoms with Gasteiger partial charge in [0.25, 0.3) is 0 Å². The maximum absolute atomic E-state index is 14.1. The summed E-state index contributed by atoms with van der Waals surface area (Å²) in [5.74, 6) is 1.40. The van der Waals surface area contributed by atoms with Crippen molar-refractivity contribution in [1.82, 2.24) is 29.7 Å². The fourth-order valence-corrected chi connectivity index (χ4v) is 7.14. The largest absolute Gasteiger partial charge is 0.445 e. The highest BCUT2D eigenvalue weighted by atomic mass is 16.6. The molecule has 14 nitrogen and oxygen atoms in total. The Morgan fingerprint density at radius 2 is 1.74 bits per heavy atom. The first kappa shape index (κ1) is 38.1. The summed E-state index contributed by atoms with van der Waals surface area (Å²) in [4.78, 5) is 50.1. The van der Waals surface area contributed by atoms with Crippen LogP contribution in [0.15, 0.2) is 42.6 Å². The first-order valence-electron chi connectivity index (χ1n) is 19.0. The minimum atomic E-state index is -0.732. The van der Waals surface area contributed by atoms with Crippen LogP contribution in [0.3, 0.4) is 0 Å². The van der Waals surface area contributed by atoms with Gasteiger partial charge in [-0.3, -0.25) is 4.90 Å². The summed E-state index contributed by atoms with van der Waals surface area (Å²) < 4.78 is 19.1. The maximum atomic E-state index is 14.1. The van der Waals surface area contributed by atoms with Crippen molar-refractivity contribution in [2.45, 2.75) is 122 Å². The molecular formula is C39H56N8O6. The van der Waals surface area contributed by atoms with Crippen molar-refractivity contribution >= 4 is 35.6 Å². The Kier molecular flexibility index (Phi) is 11.4. The van der Waals surface area contributed by atoms with Gasteiger partial charge in [0, 0.05) is 61.9 Å². The predicted octanol–water partition coefficient (Wildman–Crippen LogP) is 6.55. The van der Waals surface area contributed by atoms with E-state index in [9.17, 15) is 14.4 Å². The lowest BCUT2D eigenvalue weighted by atomic mass is 9.91. The number of anilines is 2. The number of carbonyl (C=O) groups is 3. The van der Waals surface area contributed by atoms with E-state index in [1.54, 1.807) is 19.2 Å². The standard InChI is InChI=1S/C39H56N8O6/c1-26(2)31-23-41-47-33(21-32(43-34(31)47)42-28-13-17-39(6,7)40-22-28)46(37(50)53-38(3,4)5)29-14-18-44(19-15-29)36(49)52-30-16-20-45(24-30)35(48)51-25-27-11-9-8-10-12-27/h8-12,21,23,26,28-30,40H,13-20,22,24-25H2,1-7H3,(H,42,43)/t28-,30?/m0/s1. The summed E-state index contributed by atoms with van der Waals surface area (Å²) in [6.07, 6.45) is 3.64. The van der Waals surface area contributed by atoms with E-state index in [-0.39, 0.29) is 36.7 Å². The highest BCUT2D eigenvalue weighted by Gasteiger charge is 2.38. The van der Waals surface area contributed by atoms with Gasteiger partial charge in [0.05, 0.1) is 12.7 Å². The van der Waals surface area contributed by atoms with Crippen molar-refractivity contribution in [2.75, 3.05) is 42.9 Å². The normalized spacial score (nSPS) is 20.8. The van der Waals surface area contributed by atoms with Crippen LogP contribution in [0.25, 0.3) is 5.65 Å². The molecule has 0 saturated carbocycles. The molecule has 1 aromatic carbocycles. The molecule has 0 radical (unpaired) electrons. The SMILES string of the molecule is CC(C)c1cnn2c(N(C(=O)OC(C)(C)C)C3CCN(C(=O)OC4CCN(C(=O)OCc5ccccc5)C4)CC3)cc(N[C@H]3CCC(C)(C)NC3)nc12. The van der Waals surface area contributed by atoms with Gasteiger partial charge in [-0.15, -0.1) is 0 Å². The number of amides is 3. The van der Waals surface area contributed by atoms with Crippen molar-refractivity contribution in [2.24, 2.45) is 0 Å². The number of ether oxygens (including phenoxy) is 3. The number of likely N-dealkylation sites (tertiary alicyclic amines) is 2. The molecule has 5 heterocycles. The minimum Gasteiger partial charge on any atom is -0.445 e. The second kappa shape index (κ2) is 15.8. The van der Waals surface area contributed by atoms with E-state index in [1.807, 2.05) is 63.4 Å². The maximum Gasteiger partial charge on any atom is 0.416 e. The second-order valence-electron chi connectivity index (χ2n) is 16.5. The van der Waals surface area contributed by atoms with E-state index in [1.165, 1.54) is 0 Å². The van der Waals surface area contributed by atoms with Gasteiger partial charge in [0.2, 0.25) is 0 Å². The molecule has 3 aliphatic heterocycles. The van der Waals surface area contributed by atoms with E-state index in [0.717, 1.165) is 30.5 Å². The van der Waals surface area contributed by atoms with Crippen molar-refractivity contribution in [3.63, 3.8) is 0 Å². The Morgan fingerprint density at radius 3 is 2.40 bits per heavy atom. The monoisotopic (exact) mass is 732 g/mol. The van der Waals surface area contributed by atoms with Gasteiger partial charge in [-0.25, -0.2) is 19.4 Å². The molecule has 53 heavy (non-hydrogen) atoms. The van der Waals surface area contributed by atoms with Crippen LogP contribution in [0.5, 0.6) is 0 Å². The van der Waals surface area contributed by atoms with Crippen LogP contribution in [0.4, 0.5) is 26.0 Å². The smallest absolute Gasteiger partial charge is 0.416 e. The van der Waals surface area contributed by atoms with Gasteiger partial charge >= 0.3 is 18.3 Å². The Balaban J connectivity index is 1.15. The summed E-state index contributed by atoms with van der Waals surface area (Å²) in [6.45, 7) is 16.7. The van der Waals surface area contributed by atoms with Crippen molar-refractivity contribution < 1.29 is 28.6 Å². The first-order valence-corrected chi connectivity index (χ1v) is 19.0. The molecule has 3 saturated heterocycles. The van der Waals surface area contributed by atoms with Gasteiger partial charge in [-0.05, 0) is 71.8 Å². The van der Waals surface area contributed by atoms with E-state index in [4.69, 9.17) is 24.3 Å². The van der Waals surface area contributed by atoms with E-state index in [2.05, 4.69) is 38.3 Å². The lowest BCUT2D eigenvalue weighted by Gasteiger charge is -2.39. The molecule has 14 heteroatoms. The fraction of sp³-hybridized carbons (Fsp3) is 0.615. The Bertz CT molecular complexity index is 1740. The number of nitrogens with zero attached hydrogens (tertiary/aromatic N) is 6. The number of rotatable bonds is 8.